The van der Waals surface area contributed by atoms with Crippen molar-refractivity contribution in [2.24, 2.45) is 5.92 Å². The normalized spacial score (nSPS) is 31.9. The Bertz CT molecular complexity index is 389. The Morgan fingerprint density at radius 3 is 2.79 bits per heavy atom. The van der Waals surface area contributed by atoms with E-state index in [1.165, 1.54) is 23.7 Å². The van der Waals surface area contributed by atoms with Crippen LogP contribution in [0, 0.1) is 5.92 Å². The fraction of sp³-hybridized carbons (Fsp3) is 0.625. The van der Waals surface area contributed by atoms with Gasteiger partial charge in [0.15, 0.2) is 0 Å². The number of rotatable bonds is 5. The molecule has 1 nitrogen and oxygen atoms in total. The highest BCUT2D eigenvalue weighted by atomic mass is 32.2. The molecule has 2 fully saturated rings. The smallest absolute Gasteiger partial charge is 0.0294 e. The highest BCUT2D eigenvalue weighted by molar-refractivity contribution is 8.06. The van der Waals surface area contributed by atoms with Crippen LogP contribution in [-0.2, 0) is 0 Å². The average molecular weight is 294 g/mol. The maximum atomic E-state index is 3.78. The van der Waals surface area contributed by atoms with E-state index in [4.69, 9.17) is 0 Å². The van der Waals surface area contributed by atoms with Crippen molar-refractivity contribution in [2.45, 2.75) is 30.6 Å². The molecule has 1 aliphatic heterocycles. The maximum absolute atomic E-state index is 3.78. The Hall–Kier alpha value is -0.120. The molecule has 0 amide bonds. The lowest BCUT2D eigenvalue weighted by Crippen LogP contribution is -2.43. The fourth-order valence-corrected chi connectivity index (χ4v) is 6.15. The van der Waals surface area contributed by atoms with Crippen molar-refractivity contribution in [1.29, 1.82) is 0 Å². The van der Waals surface area contributed by atoms with E-state index in [9.17, 15) is 0 Å². The van der Waals surface area contributed by atoms with Gasteiger partial charge in [-0.15, -0.1) is 0 Å². The average Bonchev–Trinajstić information content (AvgIpc) is 3.27. The monoisotopic (exact) mass is 293 g/mol. The zero-order valence-electron chi connectivity index (χ0n) is 11.5. The van der Waals surface area contributed by atoms with Crippen LogP contribution in [0.5, 0.6) is 0 Å². The highest BCUT2D eigenvalue weighted by Gasteiger charge is 2.46. The first-order valence-electron chi connectivity index (χ1n) is 7.38. The molecule has 0 radical (unpaired) electrons. The van der Waals surface area contributed by atoms with Crippen molar-refractivity contribution in [3.63, 3.8) is 0 Å². The van der Waals surface area contributed by atoms with Crippen molar-refractivity contribution in [3.8, 4) is 0 Å². The van der Waals surface area contributed by atoms with Crippen LogP contribution in [0.25, 0.3) is 0 Å². The zero-order valence-corrected chi connectivity index (χ0v) is 13.2. The van der Waals surface area contributed by atoms with Gasteiger partial charge in [0, 0.05) is 28.6 Å². The van der Waals surface area contributed by atoms with Crippen LogP contribution < -0.4 is 5.32 Å². The van der Waals surface area contributed by atoms with Gasteiger partial charge in [-0.1, -0.05) is 37.3 Å². The largest absolute Gasteiger partial charge is 0.313 e. The van der Waals surface area contributed by atoms with Crippen LogP contribution in [0.1, 0.15) is 24.8 Å². The van der Waals surface area contributed by atoms with E-state index >= 15 is 0 Å². The first kappa shape index (κ1) is 13.8. The second kappa shape index (κ2) is 6.55. The lowest BCUT2D eigenvalue weighted by Gasteiger charge is -2.30. The third kappa shape index (κ3) is 3.32. The van der Waals surface area contributed by atoms with Gasteiger partial charge in [-0.05, 0) is 30.4 Å². The van der Waals surface area contributed by atoms with Gasteiger partial charge in [-0.2, -0.15) is 23.5 Å². The summed E-state index contributed by atoms with van der Waals surface area (Å²) in [5.41, 5.74) is 1.55. The minimum Gasteiger partial charge on any atom is -0.313 e. The summed E-state index contributed by atoms with van der Waals surface area (Å²) in [6.45, 7) is 3.35. The van der Waals surface area contributed by atoms with Crippen LogP contribution in [0.4, 0.5) is 0 Å². The van der Waals surface area contributed by atoms with Gasteiger partial charge in [0.05, 0.1) is 0 Å². The molecule has 1 N–H and O–H groups in total. The lowest BCUT2D eigenvalue weighted by atomic mass is 10.0. The summed E-state index contributed by atoms with van der Waals surface area (Å²) < 4.78 is 0. The first-order chi connectivity index (χ1) is 9.40. The van der Waals surface area contributed by atoms with E-state index in [2.05, 4.69) is 66.1 Å². The van der Waals surface area contributed by atoms with E-state index in [1.54, 1.807) is 5.56 Å². The summed E-state index contributed by atoms with van der Waals surface area (Å²) in [5, 5.41) is 4.60. The molecule has 104 valence electrons. The summed E-state index contributed by atoms with van der Waals surface area (Å²) in [6.07, 6.45) is 1.38. The molecule has 3 heteroatoms. The molecule has 0 bridgehead atoms. The first-order valence-corrected chi connectivity index (χ1v) is 9.58. The Balaban J connectivity index is 1.65. The van der Waals surface area contributed by atoms with Crippen molar-refractivity contribution in [1.82, 2.24) is 5.32 Å². The van der Waals surface area contributed by atoms with Gasteiger partial charge in [-0.3, -0.25) is 0 Å². The molecule has 19 heavy (non-hydrogen) atoms. The van der Waals surface area contributed by atoms with Crippen molar-refractivity contribution in [2.75, 3.05) is 23.8 Å². The Morgan fingerprint density at radius 1 is 1.26 bits per heavy atom. The van der Waals surface area contributed by atoms with Gasteiger partial charge in [0.2, 0.25) is 0 Å². The van der Waals surface area contributed by atoms with Crippen molar-refractivity contribution < 1.29 is 0 Å². The standard InChI is InChI=1S/C16H23NS2/c1-2-17-16(15-11-18-8-9-19-15)14-10-13(14)12-6-4-3-5-7-12/h3-7,13-17H,2,8-11H2,1H3. The van der Waals surface area contributed by atoms with Crippen molar-refractivity contribution in [3.05, 3.63) is 35.9 Å². The Kier molecular flexibility index (Phi) is 4.78. The molecule has 1 saturated carbocycles. The molecule has 3 rings (SSSR count). The van der Waals surface area contributed by atoms with Gasteiger partial charge in [-0.25, -0.2) is 0 Å². The molecule has 1 aliphatic carbocycles. The zero-order chi connectivity index (χ0) is 13.1. The minimum atomic E-state index is 0.716. The van der Waals surface area contributed by atoms with Gasteiger partial charge in [0.1, 0.15) is 0 Å². The van der Waals surface area contributed by atoms with E-state index in [0.717, 1.165) is 23.6 Å². The molecule has 4 unspecified atom stereocenters. The van der Waals surface area contributed by atoms with E-state index in [0.29, 0.717) is 6.04 Å². The SMILES string of the molecule is CCNC(C1CSCCS1)C1CC1c1ccccc1. The molecule has 2 aliphatic rings. The van der Waals surface area contributed by atoms with Crippen LogP contribution in [0.2, 0.25) is 0 Å². The summed E-state index contributed by atoms with van der Waals surface area (Å²) in [5.74, 6) is 5.67. The number of nitrogens with one attached hydrogen (secondary N) is 1. The molecular formula is C16H23NS2. The predicted molar refractivity (Wildman–Crippen MR) is 88.3 cm³/mol. The quantitative estimate of drug-likeness (QED) is 0.890. The summed E-state index contributed by atoms with van der Waals surface area (Å²) in [6, 6.07) is 11.8. The summed E-state index contributed by atoms with van der Waals surface area (Å²) >= 11 is 4.33. The van der Waals surface area contributed by atoms with Crippen LogP contribution in [0.15, 0.2) is 30.3 Å². The number of thioether (sulfide) groups is 2. The molecular weight excluding hydrogens is 270 g/mol. The minimum absolute atomic E-state index is 0.716. The summed E-state index contributed by atoms with van der Waals surface area (Å²) in [4.78, 5) is 0. The predicted octanol–water partition coefficient (Wildman–Crippen LogP) is 3.62. The Morgan fingerprint density at radius 2 is 2.11 bits per heavy atom. The Labute approximate surface area is 125 Å². The summed E-state index contributed by atoms with van der Waals surface area (Å²) in [7, 11) is 0. The fourth-order valence-electron chi connectivity index (χ4n) is 3.20. The molecule has 0 spiro atoms. The molecule has 0 aromatic heterocycles. The third-order valence-corrected chi connectivity index (χ3v) is 7.10. The molecule has 4 atom stereocenters. The maximum Gasteiger partial charge on any atom is 0.0294 e. The number of benzene rings is 1. The second-order valence-corrected chi connectivity index (χ2v) is 7.98. The number of hydrogen-bond donors (Lipinski definition) is 1. The molecule has 1 aromatic rings. The van der Waals surface area contributed by atoms with Crippen LogP contribution in [0.3, 0.4) is 0 Å². The van der Waals surface area contributed by atoms with Crippen LogP contribution in [-0.4, -0.2) is 35.1 Å². The van der Waals surface area contributed by atoms with Gasteiger partial charge >= 0.3 is 0 Å². The lowest BCUT2D eigenvalue weighted by molar-refractivity contribution is 0.466. The molecule has 1 heterocycles. The second-order valence-electron chi connectivity index (χ2n) is 5.48. The van der Waals surface area contributed by atoms with Crippen molar-refractivity contribution >= 4 is 23.5 Å². The topological polar surface area (TPSA) is 12.0 Å². The van der Waals surface area contributed by atoms with Crippen LogP contribution >= 0.6 is 23.5 Å². The van der Waals surface area contributed by atoms with Gasteiger partial charge in [0.25, 0.3) is 0 Å². The van der Waals surface area contributed by atoms with E-state index < -0.39 is 0 Å². The third-order valence-electron chi connectivity index (χ3n) is 4.21. The molecule has 1 saturated heterocycles. The number of hydrogen-bond acceptors (Lipinski definition) is 3. The molecule has 1 aromatic carbocycles. The van der Waals surface area contributed by atoms with E-state index in [1.807, 2.05) is 0 Å². The highest BCUT2D eigenvalue weighted by Crippen LogP contribution is 2.51. The van der Waals surface area contributed by atoms with Gasteiger partial charge < -0.3 is 5.32 Å². The van der Waals surface area contributed by atoms with E-state index in [-0.39, 0.29) is 0 Å².